The smallest absolute Gasteiger partial charge is 0.261 e. The van der Waals surface area contributed by atoms with Gasteiger partial charge in [-0.3, -0.25) is 9.59 Å². The van der Waals surface area contributed by atoms with Crippen molar-refractivity contribution < 1.29 is 4.79 Å². The van der Waals surface area contributed by atoms with Crippen LogP contribution in [0.1, 0.15) is 24.2 Å². The molecule has 0 aliphatic carbocycles. The van der Waals surface area contributed by atoms with Crippen LogP contribution in [0.15, 0.2) is 17.1 Å². The number of pyridine rings is 1. The first-order valence-corrected chi connectivity index (χ1v) is 5.16. The first-order valence-electron chi connectivity index (χ1n) is 5.16. The first-order chi connectivity index (χ1) is 7.43. The van der Waals surface area contributed by atoms with E-state index < -0.39 is 0 Å². The molecule has 5 nitrogen and oxygen atoms in total. The van der Waals surface area contributed by atoms with Gasteiger partial charge in [0.15, 0.2) is 5.43 Å². The van der Waals surface area contributed by atoms with Gasteiger partial charge in [-0.2, -0.15) is 0 Å². The van der Waals surface area contributed by atoms with Crippen LogP contribution < -0.4 is 11.2 Å². The Morgan fingerprint density at radius 3 is 2.69 bits per heavy atom. The SMILES string of the molecule is CC(C)CN(C)C(=O)c1c(N)[nH]ccc1=O. The third-order valence-electron chi connectivity index (χ3n) is 2.19. The van der Waals surface area contributed by atoms with Crippen LogP contribution >= 0.6 is 0 Å². The van der Waals surface area contributed by atoms with Gasteiger partial charge < -0.3 is 15.6 Å². The molecular weight excluding hydrogens is 206 g/mol. The highest BCUT2D eigenvalue weighted by atomic mass is 16.2. The highest BCUT2D eigenvalue weighted by molar-refractivity contribution is 5.97. The summed E-state index contributed by atoms with van der Waals surface area (Å²) in [6.07, 6.45) is 1.43. The second-order valence-electron chi connectivity index (χ2n) is 4.21. The van der Waals surface area contributed by atoms with Crippen LogP contribution in [-0.4, -0.2) is 29.4 Å². The Morgan fingerprint density at radius 1 is 1.56 bits per heavy atom. The van der Waals surface area contributed by atoms with Crippen molar-refractivity contribution in [3.05, 3.63) is 28.0 Å². The number of aromatic amines is 1. The number of nitrogens with two attached hydrogens (primary N) is 1. The molecule has 0 spiro atoms. The van der Waals surface area contributed by atoms with Crippen molar-refractivity contribution in [3.63, 3.8) is 0 Å². The molecule has 0 saturated heterocycles. The summed E-state index contributed by atoms with van der Waals surface area (Å²) in [6.45, 7) is 4.59. The fourth-order valence-corrected chi connectivity index (χ4v) is 1.54. The highest BCUT2D eigenvalue weighted by Gasteiger charge is 2.18. The second kappa shape index (κ2) is 4.83. The lowest BCUT2D eigenvalue weighted by molar-refractivity contribution is 0.0778. The molecule has 1 heterocycles. The number of anilines is 1. The lowest BCUT2D eigenvalue weighted by Gasteiger charge is -2.19. The Kier molecular flexibility index (Phi) is 3.71. The number of hydrogen-bond donors (Lipinski definition) is 2. The van der Waals surface area contributed by atoms with Crippen LogP contribution in [0.2, 0.25) is 0 Å². The van der Waals surface area contributed by atoms with Crippen LogP contribution in [0.5, 0.6) is 0 Å². The number of H-pyrrole nitrogens is 1. The molecule has 0 aliphatic rings. The molecule has 0 fully saturated rings. The molecule has 0 aliphatic heterocycles. The maximum Gasteiger partial charge on any atom is 0.261 e. The molecule has 0 bridgehead atoms. The van der Waals surface area contributed by atoms with Gasteiger partial charge in [-0.05, 0) is 5.92 Å². The Balaban J connectivity index is 3.01. The van der Waals surface area contributed by atoms with Gasteiger partial charge in [-0.25, -0.2) is 0 Å². The molecule has 0 saturated carbocycles. The minimum Gasteiger partial charge on any atom is -0.384 e. The Morgan fingerprint density at radius 2 is 2.19 bits per heavy atom. The summed E-state index contributed by atoms with van der Waals surface area (Å²) in [6, 6.07) is 1.30. The average molecular weight is 223 g/mol. The third kappa shape index (κ3) is 2.62. The van der Waals surface area contributed by atoms with Crippen LogP contribution in [-0.2, 0) is 0 Å². The van der Waals surface area contributed by atoms with E-state index in [1.54, 1.807) is 7.05 Å². The summed E-state index contributed by atoms with van der Waals surface area (Å²) in [5, 5.41) is 0. The molecule has 0 unspecified atom stereocenters. The van der Waals surface area contributed by atoms with Gasteiger partial charge in [0.2, 0.25) is 0 Å². The summed E-state index contributed by atoms with van der Waals surface area (Å²) in [5.74, 6) is 0.124. The highest BCUT2D eigenvalue weighted by Crippen LogP contribution is 2.06. The zero-order chi connectivity index (χ0) is 12.3. The predicted octanol–water partition coefficient (Wildman–Crippen LogP) is 0.685. The number of carbonyl (C=O) groups excluding carboxylic acids is 1. The van der Waals surface area contributed by atoms with Gasteiger partial charge in [-0.15, -0.1) is 0 Å². The molecule has 5 heteroatoms. The Hall–Kier alpha value is -1.78. The number of rotatable bonds is 3. The number of carbonyl (C=O) groups is 1. The zero-order valence-electron chi connectivity index (χ0n) is 9.78. The number of nitrogen functional groups attached to an aromatic ring is 1. The summed E-state index contributed by atoms with van der Waals surface area (Å²) in [7, 11) is 1.66. The molecule has 1 aromatic heterocycles. The number of nitrogens with one attached hydrogen (secondary N) is 1. The second-order valence-corrected chi connectivity index (χ2v) is 4.21. The zero-order valence-corrected chi connectivity index (χ0v) is 9.78. The van der Waals surface area contributed by atoms with Crippen molar-refractivity contribution in [3.8, 4) is 0 Å². The summed E-state index contributed by atoms with van der Waals surface area (Å²) >= 11 is 0. The molecule has 88 valence electrons. The lowest BCUT2D eigenvalue weighted by Crippen LogP contribution is -2.34. The fraction of sp³-hybridized carbons (Fsp3) is 0.455. The molecule has 0 aromatic carbocycles. The average Bonchev–Trinajstić information content (AvgIpc) is 2.16. The van der Waals surface area contributed by atoms with Gasteiger partial charge in [0.1, 0.15) is 11.4 Å². The van der Waals surface area contributed by atoms with E-state index in [0.29, 0.717) is 12.5 Å². The maximum atomic E-state index is 11.9. The number of nitrogens with zero attached hydrogens (tertiary/aromatic N) is 1. The number of amides is 1. The van der Waals surface area contributed by atoms with Gasteiger partial charge in [0.05, 0.1) is 0 Å². The number of aromatic nitrogens is 1. The van der Waals surface area contributed by atoms with Crippen LogP contribution in [0.4, 0.5) is 5.82 Å². The normalized spacial score (nSPS) is 10.5. The van der Waals surface area contributed by atoms with Crippen LogP contribution in [0, 0.1) is 5.92 Å². The molecule has 16 heavy (non-hydrogen) atoms. The van der Waals surface area contributed by atoms with Crippen LogP contribution in [0.25, 0.3) is 0 Å². The minimum atomic E-state index is -0.350. The summed E-state index contributed by atoms with van der Waals surface area (Å²) in [5.41, 5.74) is 5.26. The van der Waals surface area contributed by atoms with E-state index in [2.05, 4.69) is 4.98 Å². The van der Waals surface area contributed by atoms with Gasteiger partial charge in [-0.1, -0.05) is 13.8 Å². The van der Waals surface area contributed by atoms with Gasteiger partial charge in [0, 0.05) is 25.9 Å². The first kappa shape index (κ1) is 12.3. The molecule has 1 aromatic rings. The van der Waals surface area contributed by atoms with Crippen molar-refractivity contribution >= 4 is 11.7 Å². The Labute approximate surface area is 94.3 Å². The van der Waals surface area contributed by atoms with E-state index in [9.17, 15) is 9.59 Å². The van der Waals surface area contributed by atoms with E-state index in [1.165, 1.54) is 17.2 Å². The molecule has 0 radical (unpaired) electrons. The van der Waals surface area contributed by atoms with Crippen molar-refractivity contribution in [2.24, 2.45) is 5.92 Å². The minimum absolute atomic E-state index is 0.0191. The summed E-state index contributed by atoms with van der Waals surface area (Å²) in [4.78, 5) is 27.6. The van der Waals surface area contributed by atoms with E-state index in [4.69, 9.17) is 5.73 Å². The van der Waals surface area contributed by atoms with Crippen molar-refractivity contribution in [1.29, 1.82) is 0 Å². The van der Waals surface area contributed by atoms with E-state index in [1.807, 2.05) is 13.8 Å². The van der Waals surface area contributed by atoms with Crippen molar-refractivity contribution in [2.45, 2.75) is 13.8 Å². The molecule has 1 rings (SSSR count). The van der Waals surface area contributed by atoms with Gasteiger partial charge >= 0.3 is 0 Å². The van der Waals surface area contributed by atoms with Crippen molar-refractivity contribution in [1.82, 2.24) is 9.88 Å². The quantitative estimate of drug-likeness (QED) is 0.791. The number of hydrogen-bond acceptors (Lipinski definition) is 3. The van der Waals surface area contributed by atoms with E-state index in [-0.39, 0.29) is 22.7 Å². The monoisotopic (exact) mass is 223 g/mol. The lowest BCUT2D eigenvalue weighted by atomic mass is 10.1. The third-order valence-corrected chi connectivity index (χ3v) is 2.19. The predicted molar refractivity (Wildman–Crippen MR) is 63.3 cm³/mol. The Bertz CT molecular complexity index is 437. The topological polar surface area (TPSA) is 79.2 Å². The van der Waals surface area contributed by atoms with Crippen molar-refractivity contribution in [2.75, 3.05) is 19.3 Å². The van der Waals surface area contributed by atoms with E-state index in [0.717, 1.165) is 0 Å². The fourth-order valence-electron chi connectivity index (χ4n) is 1.54. The van der Waals surface area contributed by atoms with E-state index >= 15 is 0 Å². The molecular formula is C11H17N3O2. The molecule has 3 N–H and O–H groups in total. The molecule has 1 amide bonds. The maximum absolute atomic E-state index is 11.9. The van der Waals surface area contributed by atoms with Crippen LogP contribution in [0.3, 0.4) is 0 Å². The van der Waals surface area contributed by atoms with Gasteiger partial charge in [0.25, 0.3) is 5.91 Å². The summed E-state index contributed by atoms with van der Waals surface area (Å²) < 4.78 is 0. The largest absolute Gasteiger partial charge is 0.384 e. The standard InChI is InChI=1S/C11H17N3O2/c1-7(2)6-14(3)11(16)9-8(15)4-5-13-10(9)12/h4-5,7H,6H2,1-3H3,(H3,12,13,15). The molecule has 0 atom stereocenters.